The SMILES string of the molecule is C=CCC(O)C[C@@H]1COC2(CCCCC2)O1. The molecule has 0 aromatic rings. The van der Waals surface area contributed by atoms with Crippen molar-refractivity contribution in [3.05, 3.63) is 12.7 Å². The van der Waals surface area contributed by atoms with Crippen LogP contribution in [-0.2, 0) is 9.47 Å². The lowest BCUT2D eigenvalue weighted by Crippen LogP contribution is -2.33. The minimum Gasteiger partial charge on any atom is -0.393 e. The van der Waals surface area contributed by atoms with Gasteiger partial charge in [0.05, 0.1) is 18.8 Å². The van der Waals surface area contributed by atoms with Crippen LogP contribution in [0.5, 0.6) is 0 Å². The van der Waals surface area contributed by atoms with E-state index in [-0.39, 0.29) is 18.0 Å². The van der Waals surface area contributed by atoms with Gasteiger partial charge in [0.1, 0.15) is 0 Å². The molecule has 1 unspecified atom stereocenters. The van der Waals surface area contributed by atoms with Crippen LogP contribution in [0, 0.1) is 0 Å². The zero-order chi connectivity index (χ0) is 11.4. The first-order valence-corrected chi connectivity index (χ1v) is 6.35. The van der Waals surface area contributed by atoms with Gasteiger partial charge in [-0.05, 0) is 19.3 Å². The zero-order valence-corrected chi connectivity index (χ0v) is 9.86. The van der Waals surface area contributed by atoms with E-state index < -0.39 is 0 Å². The highest BCUT2D eigenvalue weighted by Gasteiger charge is 2.42. The van der Waals surface area contributed by atoms with E-state index in [1.165, 1.54) is 19.3 Å². The lowest BCUT2D eigenvalue weighted by molar-refractivity contribution is -0.189. The van der Waals surface area contributed by atoms with E-state index in [4.69, 9.17) is 9.47 Å². The molecule has 1 saturated heterocycles. The first-order chi connectivity index (χ1) is 7.74. The minimum absolute atomic E-state index is 0.0630. The summed E-state index contributed by atoms with van der Waals surface area (Å²) in [4.78, 5) is 0. The largest absolute Gasteiger partial charge is 0.393 e. The van der Waals surface area contributed by atoms with E-state index >= 15 is 0 Å². The molecule has 1 aliphatic carbocycles. The molecular weight excluding hydrogens is 204 g/mol. The highest BCUT2D eigenvalue weighted by atomic mass is 16.7. The van der Waals surface area contributed by atoms with E-state index in [0.29, 0.717) is 19.4 Å². The van der Waals surface area contributed by atoms with Crippen LogP contribution in [0.4, 0.5) is 0 Å². The lowest BCUT2D eigenvalue weighted by atomic mass is 9.94. The minimum atomic E-state index is -0.343. The number of hydrogen-bond donors (Lipinski definition) is 1. The predicted octanol–water partition coefficient (Wildman–Crippen LogP) is 2.39. The molecule has 2 fully saturated rings. The standard InChI is InChI=1S/C13H22O3/c1-2-6-11(14)9-12-10-15-13(16-12)7-4-3-5-8-13/h2,11-12,14H,1,3-10H2/t11?,12-/m1/s1. The number of aliphatic hydroxyl groups is 1. The van der Waals surface area contributed by atoms with Crippen LogP contribution >= 0.6 is 0 Å². The molecule has 2 rings (SSSR count). The number of hydrogen-bond acceptors (Lipinski definition) is 3. The molecule has 1 spiro atoms. The van der Waals surface area contributed by atoms with Crippen molar-refractivity contribution in [2.45, 2.75) is 62.9 Å². The van der Waals surface area contributed by atoms with Crippen molar-refractivity contribution in [1.82, 2.24) is 0 Å². The Labute approximate surface area is 97.4 Å². The number of ether oxygens (including phenoxy) is 2. The average molecular weight is 226 g/mol. The molecule has 3 nitrogen and oxygen atoms in total. The maximum atomic E-state index is 9.69. The van der Waals surface area contributed by atoms with Crippen molar-refractivity contribution in [3.8, 4) is 0 Å². The van der Waals surface area contributed by atoms with Gasteiger partial charge >= 0.3 is 0 Å². The van der Waals surface area contributed by atoms with Gasteiger partial charge in [-0.2, -0.15) is 0 Å². The van der Waals surface area contributed by atoms with Crippen LogP contribution < -0.4 is 0 Å². The van der Waals surface area contributed by atoms with Gasteiger partial charge in [0, 0.05) is 19.3 Å². The molecule has 0 bridgehead atoms. The fraction of sp³-hybridized carbons (Fsp3) is 0.846. The summed E-state index contributed by atoms with van der Waals surface area (Å²) in [6.45, 7) is 4.26. The van der Waals surface area contributed by atoms with E-state index in [1.807, 2.05) is 0 Å². The summed E-state index contributed by atoms with van der Waals surface area (Å²) >= 11 is 0. The zero-order valence-electron chi connectivity index (χ0n) is 9.86. The summed E-state index contributed by atoms with van der Waals surface area (Å²) in [6.07, 6.45) is 8.47. The van der Waals surface area contributed by atoms with Gasteiger partial charge in [0.15, 0.2) is 5.79 Å². The van der Waals surface area contributed by atoms with Gasteiger partial charge in [-0.15, -0.1) is 6.58 Å². The molecule has 0 amide bonds. The van der Waals surface area contributed by atoms with Crippen LogP contribution in [0.15, 0.2) is 12.7 Å². The average Bonchev–Trinajstić information content (AvgIpc) is 2.63. The number of aliphatic hydroxyl groups excluding tert-OH is 1. The van der Waals surface area contributed by atoms with Crippen molar-refractivity contribution >= 4 is 0 Å². The van der Waals surface area contributed by atoms with Gasteiger partial charge in [-0.3, -0.25) is 0 Å². The first-order valence-electron chi connectivity index (χ1n) is 6.35. The van der Waals surface area contributed by atoms with Crippen LogP contribution in [0.25, 0.3) is 0 Å². The molecule has 1 aliphatic heterocycles. The third-order valence-corrected chi connectivity index (χ3v) is 3.50. The third kappa shape index (κ3) is 2.84. The molecule has 2 aliphatic rings. The summed E-state index contributed by atoms with van der Waals surface area (Å²) in [5.41, 5.74) is 0. The Morgan fingerprint density at radius 3 is 2.81 bits per heavy atom. The topological polar surface area (TPSA) is 38.7 Å². The molecular formula is C13H22O3. The van der Waals surface area contributed by atoms with E-state index in [0.717, 1.165) is 12.8 Å². The second-order valence-corrected chi connectivity index (χ2v) is 4.94. The Hall–Kier alpha value is -0.380. The summed E-state index contributed by atoms with van der Waals surface area (Å²) < 4.78 is 11.8. The van der Waals surface area contributed by atoms with Gasteiger partial charge in [0.25, 0.3) is 0 Å². The third-order valence-electron chi connectivity index (χ3n) is 3.50. The molecule has 3 heteroatoms. The van der Waals surface area contributed by atoms with Crippen molar-refractivity contribution in [3.63, 3.8) is 0 Å². The highest BCUT2D eigenvalue weighted by molar-refractivity contribution is 4.84. The normalized spacial score (nSPS) is 30.4. The molecule has 1 saturated carbocycles. The Balaban J connectivity index is 1.80. The van der Waals surface area contributed by atoms with Crippen LogP contribution in [-0.4, -0.2) is 29.7 Å². The van der Waals surface area contributed by atoms with Gasteiger partial charge in [-0.1, -0.05) is 12.5 Å². The van der Waals surface area contributed by atoms with Gasteiger partial charge in [0.2, 0.25) is 0 Å². The Kier molecular flexibility index (Phi) is 4.00. The molecule has 16 heavy (non-hydrogen) atoms. The van der Waals surface area contributed by atoms with Crippen LogP contribution in [0.1, 0.15) is 44.9 Å². The first kappa shape index (κ1) is 12.1. The molecule has 92 valence electrons. The lowest BCUT2D eigenvalue weighted by Gasteiger charge is -2.31. The Bertz CT molecular complexity index is 233. The fourth-order valence-electron chi connectivity index (χ4n) is 2.68. The summed E-state index contributed by atoms with van der Waals surface area (Å²) in [5, 5.41) is 9.69. The van der Waals surface area contributed by atoms with Crippen molar-refractivity contribution < 1.29 is 14.6 Å². The fourth-order valence-corrected chi connectivity index (χ4v) is 2.68. The van der Waals surface area contributed by atoms with Gasteiger partial charge in [-0.25, -0.2) is 0 Å². The second kappa shape index (κ2) is 5.30. The summed E-state index contributed by atoms with van der Waals surface area (Å²) in [7, 11) is 0. The molecule has 0 aromatic heterocycles. The molecule has 0 radical (unpaired) electrons. The molecule has 2 atom stereocenters. The monoisotopic (exact) mass is 226 g/mol. The molecule has 0 aromatic carbocycles. The smallest absolute Gasteiger partial charge is 0.168 e. The van der Waals surface area contributed by atoms with Gasteiger partial charge < -0.3 is 14.6 Å². The van der Waals surface area contributed by atoms with Crippen molar-refractivity contribution in [2.24, 2.45) is 0 Å². The Morgan fingerprint density at radius 1 is 1.38 bits per heavy atom. The maximum absolute atomic E-state index is 9.69. The van der Waals surface area contributed by atoms with Crippen LogP contribution in [0.2, 0.25) is 0 Å². The van der Waals surface area contributed by atoms with Crippen LogP contribution in [0.3, 0.4) is 0 Å². The maximum Gasteiger partial charge on any atom is 0.168 e. The van der Waals surface area contributed by atoms with E-state index in [1.54, 1.807) is 6.08 Å². The molecule has 1 heterocycles. The second-order valence-electron chi connectivity index (χ2n) is 4.94. The van der Waals surface area contributed by atoms with Crippen molar-refractivity contribution in [1.29, 1.82) is 0 Å². The summed E-state index contributed by atoms with van der Waals surface area (Å²) in [5.74, 6) is -0.309. The summed E-state index contributed by atoms with van der Waals surface area (Å²) in [6, 6.07) is 0. The molecule has 1 N–H and O–H groups in total. The quantitative estimate of drug-likeness (QED) is 0.748. The predicted molar refractivity (Wildman–Crippen MR) is 62.1 cm³/mol. The van der Waals surface area contributed by atoms with E-state index in [2.05, 4.69) is 6.58 Å². The number of rotatable bonds is 4. The van der Waals surface area contributed by atoms with Crippen molar-refractivity contribution in [2.75, 3.05) is 6.61 Å². The van der Waals surface area contributed by atoms with E-state index in [9.17, 15) is 5.11 Å². The Morgan fingerprint density at radius 2 is 2.12 bits per heavy atom. The highest BCUT2D eigenvalue weighted by Crippen LogP contribution is 2.38.